The van der Waals surface area contributed by atoms with Gasteiger partial charge < -0.3 is 10.1 Å². The van der Waals surface area contributed by atoms with E-state index in [4.69, 9.17) is 4.74 Å². The van der Waals surface area contributed by atoms with E-state index in [1.54, 1.807) is 0 Å². The van der Waals surface area contributed by atoms with Gasteiger partial charge in [-0.2, -0.15) is 0 Å². The van der Waals surface area contributed by atoms with Crippen LogP contribution in [-0.2, 0) is 6.54 Å². The molecule has 1 N–H and O–H groups in total. The summed E-state index contributed by atoms with van der Waals surface area (Å²) < 4.78 is 5.97. The number of ether oxygens (including phenoxy) is 1. The Morgan fingerprint density at radius 2 is 1.48 bits per heavy atom. The highest BCUT2D eigenvalue weighted by atomic mass is 16.5. The quantitative estimate of drug-likeness (QED) is 0.510. The fraction of sp³-hybridized carbons (Fsp3) is 0.280. The van der Waals surface area contributed by atoms with Crippen molar-refractivity contribution < 1.29 is 4.74 Å². The highest BCUT2D eigenvalue weighted by molar-refractivity contribution is 5.64. The van der Waals surface area contributed by atoms with Gasteiger partial charge in [0.15, 0.2) is 0 Å². The van der Waals surface area contributed by atoms with Crippen molar-refractivity contribution in [2.75, 3.05) is 13.2 Å². The van der Waals surface area contributed by atoms with Crippen LogP contribution in [0.15, 0.2) is 66.7 Å². The first-order valence-electron chi connectivity index (χ1n) is 9.69. The lowest BCUT2D eigenvalue weighted by Gasteiger charge is -2.12. The summed E-state index contributed by atoms with van der Waals surface area (Å²) in [5, 5.41) is 3.52. The molecule has 0 aromatic heterocycles. The molecular formula is C25H29NO. The molecule has 0 fully saturated rings. The average molecular weight is 360 g/mol. The second-order valence-corrected chi connectivity index (χ2v) is 7.17. The van der Waals surface area contributed by atoms with E-state index in [-0.39, 0.29) is 0 Å². The van der Waals surface area contributed by atoms with E-state index in [0.29, 0.717) is 0 Å². The van der Waals surface area contributed by atoms with Crippen LogP contribution in [0, 0.1) is 20.8 Å². The topological polar surface area (TPSA) is 21.3 Å². The Labute approximate surface area is 163 Å². The van der Waals surface area contributed by atoms with Crippen LogP contribution < -0.4 is 10.1 Å². The maximum absolute atomic E-state index is 5.97. The van der Waals surface area contributed by atoms with Crippen LogP contribution >= 0.6 is 0 Å². The van der Waals surface area contributed by atoms with Crippen molar-refractivity contribution in [1.29, 1.82) is 0 Å². The molecule has 3 rings (SSSR count). The number of hydrogen-bond donors (Lipinski definition) is 1. The molecule has 3 aromatic carbocycles. The van der Waals surface area contributed by atoms with E-state index in [1.807, 2.05) is 0 Å². The minimum absolute atomic E-state index is 0.738. The van der Waals surface area contributed by atoms with Crippen LogP contribution in [0.5, 0.6) is 5.75 Å². The molecule has 0 atom stereocenters. The van der Waals surface area contributed by atoms with Gasteiger partial charge in [-0.25, -0.2) is 0 Å². The van der Waals surface area contributed by atoms with Gasteiger partial charge in [-0.05, 0) is 67.6 Å². The number of aryl methyl sites for hydroxylation is 3. The maximum Gasteiger partial charge on any atom is 0.125 e. The summed E-state index contributed by atoms with van der Waals surface area (Å²) in [7, 11) is 0. The molecule has 2 heteroatoms. The van der Waals surface area contributed by atoms with Gasteiger partial charge in [0.2, 0.25) is 0 Å². The van der Waals surface area contributed by atoms with Crippen molar-refractivity contribution >= 4 is 0 Å². The molecule has 0 heterocycles. The lowest BCUT2D eigenvalue weighted by molar-refractivity contribution is 0.304. The van der Waals surface area contributed by atoms with Gasteiger partial charge in [0, 0.05) is 6.54 Å². The Balaban J connectivity index is 1.44. The average Bonchev–Trinajstić information content (AvgIpc) is 2.67. The fourth-order valence-corrected chi connectivity index (χ4v) is 3.24. The van der Waals surface area contributed by atoms with Crippen molar-refractivity contribution in [2.45, 2.75) is 33.7 Å². The lowest BCUT2D eigenvalue weighted by atomic mass is 10.0. The molecular weight excluding hydrogens is 330 g/mol. The van der Waals surface area contributed by atoms with Crippen LogP contribution in [-0.4, -0.2) is 13.2 Å². The van der Waals surface area contributed by atoms with Crippen molar-refractivity contribution in [3.63, 3.8) is 0 Å². The van der Waals surface area contributed by atoms with Gasteiger partial charge in [-0.1, -0.05) is 66.2 Å². The molecule has 0 saturated carbocycles. The smallest absolute Gasteiger partial charge is 0.125 e. The summed E-state index contributed by atoms with van der Waals surface area (Å²) in [4.78, 5) is 0. The minimum Gasteiger partial charge on any atom is -0.493 e. The van der Waals surface area contributed by atoms with E-state index in [0.717, 1.165) is 31.9 Å². The maximum atomic E-state index is 5.97. The normalized spacial score (nSPS) is 10.8. The summed E-state index contributed by atoms with van der Waals surface area (Å²) in [6.45, 7) is 8.88. The van der Waals surface area contributed by atoms with Gasteiger partial charge in [-0.3, -0.25) is 0 Å². The molecule has 0 aliphatic carbocycles. The first-order chi connectivity index (χ1) is 13.1. The molecule has 0 saturated heterocycles. The molecule has 2 nitrogen and oxygen atoms in total. The molecule has 140 valence electrons. The number of hydrogen-bond acceptors (Lipinski definition) is 2. The highest BCUT2D eigenvalue weighted by Crippen LogP contribution is 2.22. The molecule has 0 unspecified atom stereocenters. The first kappa shape index (κ1) is 19.2. The largest absolute Gasteiger partial charge is 0.493 e. The zero-order valence-electron chi connectivity index (χ0n) is 16.6. The summed E-state index contributed by atoms with van der Waals surface area (Å²) >= 11 is 0. The molecule has 0 aliphatic heterocycles. The second kappa shape index (κ2) is 9.38. The van der Waals surface area contributed by atoms with Crippen molar-refractivity contribution in [2.24, 2.45) is 0 Å². The third-order valence-corrected chi connectivity index (χ3v) is 4.79. The monoisotopic (exact) mass is 359 g/mol. The second-order valence-electron chi connectivity index (χ2n) is 7.17. The van der Waals surface area contributed by atoms with Gasteiger partial charge >= 0.3 is 0 Å². The molecule has 0 bridgehead atoms. The van der Waals surface area contributed by atoms with Crippen LogP contribution in [0.4, 0.5) is 0 Å². The van der Waals surface area contributed by atoms with E-state index >= 15 is 0 Å². The van der Waals surface area contributed by atoms with E-state index in [9.17, 15) is 0 Å². The zero-order valence-corrected chi connectivity index (χ0v) is 16.6. The van der Waals surface area contributed by atoms with Crippen LogP contribution in [0.25, 0.3) is 11.1 Å². The van der Waals surface area contributed by atoms with Crippen LogP contribution in [0.2, 0.25) is 0 Å². The fourth-order valence-electron chi connectivity index (χ4n) is 3.24. The molecule has 0 spiro atoms. The van der Waals surface area contributed by atoms with Crippen molar-refractivity contribution in [1.82, 2.24) is 5.32 Å². The van der Waals surface area contributed by atoms with Gasteiger partial charge in [0.25, 0.3) is 0 Å². The van der Waals surface area contributed by atoms with E-state index in [2.05, 4.69) is 92.8 Å². The first-order valence-corrected chi connectivity index (χ1v) is 9.69. The summed E-state index contributed by atoms with van der Waals surface area (Å²) in [6.07, 6.45) is 0.991. The van der Waals surface area contributed by atoms with Crippen molar-refractivity contribution in [3.8, 4) is 16.9 Å². The Bertz CT molecular complexity index is 847. The lowest BCUT2D eigenvalue weighted by Crippen LogP contribution is -2.17. The molecule has 27 heavy (non-hydrogen) atoms. The Morgan fingerprint density at radius 3 is 2.22 bits per heavy atom. The third-order valence-electron chi connectivity index (χ3n) is 4.79. The molecule has 0 radical (unpaired) electrons. The SMILES string of the molecule is Cc1ccc(-c2cccc(CNCCCOc3c(C)cccc3C)c2)cc1. The third kappa shape index (κ3) is 5.45. The Hall–Kier alpha value is -2.58. The van der Waals surface area contributed by atoms with Gasteiger partial charge in [0.05, 0.1) is 6.61 Å². The highest BCUT2D eigenvalue weighted by Gasteiger charge is 2.03. The minimum atomic E-state index is 0.738. The number of nitrogens with one attached hydrogen (secondary N) is 1. The molecule has 3 aromatic rings. The van der Waals surface area contributed by atoms with Gasteiger partial charge in [-0.15, -0.1) is 0 Å². The number of benzene rings is 3. The van der Waals surface area contributed by atoms with Crippen molar-refractivity contribution in [3.05, 3.63) is 89.0 Å². The summed E-state index contributed by atoms with van der Waals surface area (Å²) in [6, 6.07) is 23.7. The predicted molar refractivity (Wildman–Crippen MR) is 114 cm³/mol. The Kier molecular flexibility index (Phi) is 6.67. The summed E-state index contributed by atoms with van der Waals surface area (Å²) in [5.74, 6) is 1.03. The number of rotatable bonds is 8. The predicted octanol–water partition coefficient (Wildman–Crippen LogP) is 5.84. The number of para-hydroxylation sites is 1. The van der Waals surface area contributed by atoms with Crippen LogP contribution in [0.1, 0.15) is 28.7 Å². The van der Waals surface area contributed by atoms with Crippen LogP contribution in [0.3, 0.4) is 0 Å². The van der Waals surface area contributed by atoms with E-state index in [1.165, 1.54) is 33.4 Å². The standard InChI is InChI=1S/C25H29NO/c1-19-11-13-23(14-12-19)24-10-5-9-22(17-24)18-26-15-6-16-27-25-20(2)7-4-8-21(25)3/h4-5,7-14,17,26H,6,15-16,18H2,1-3H3. The Morgan fingerprint density at radius 1 is 0.778 bits per heavy atom. The van der Waals surface area contributed by atoms with E-state index < -0.39 is 0 Å². The molecule has 0 aliphatic rings. The van der Waals surface area contributed by atoms with Gasteiger partial charge in [0.1, 0.15) is 5.75 Å². The molecule has 0 amide bonds. The summed E-state index contributed by atoms with van der Waals surface area (Å²) in [5.41, 5.74) is 7.55. The zero-order chi connectivity index (χ0) is 19.1.